The number of aryl methyl sites for hydroxylation is 1. The van der Waals surface area contributed by atoms with Gasteiger partial charge in [0.05, 0.1) is 11.6 Å². The van der Waals surface area contributed by atoms with Gasteiger partial charge in [0.15, 0.2) is 0 Å². The molecule has 0 bridgehead atoms. The molecule has 1 unspecified atom stereocenters. The Balaban J connectivity index is 1.62. The monoisotopic (exact) mass is 458 g/mol. The average Bonchev–Trinajstić information content (AvgIpc) is 3.41. The number of ketones is 1. The van der Waals surface area contributed by atoms with E-state index < -0.39 is 17.7 Å². The number of aliphatic hydroxyl groups excluding tert-OH is 1. The molecular weight excluding hydrogens is 436 g/mol. The van der Waals surface area contributed by atoms with Gasteiger partial charge in [-0.15, -0.1) is 0 Å². The first-order valence-electron chi connectivity index (χ1n) is 11.5. The van der Waals surface area contributed by atoms with Gasteiger partial charge in [-0.2, -0.15) is 0 Å². The Bertz CT molecular complexity index is 1680. The van der Waals surface area contributed by atoms with Crippen molar-refractivity contribution in [1.82, 2.24) is 4.98 Å². The summed E-state index contributed by atoms with van der Waals surface area (Å²) in [5.41, 5.74) is 3.80. The van der Waals surface area contributed by atoms with Crippen LogP contribution in [0.3, 0.4) is 0 Å². The molecule has 4 aromatic carbocycles. The molecule has 0 aliphatic carbocycles. The third kappa shape index (κ3) is 3.32. The normalized spacial score (nSPS) is 17.5. The lowest BCUT2D eigenvalue weighted by atomic mass is 9.94. The molecule has 0 saturated carbocycles. The molecule has 2 heterocycles. The molecule has 1 atom stereocenters. The van der Waals surface area contributed by atoms with E-state index in [4.69, 9.17) is 0 Å². The number of anilines is 1. The maximum absolute atomic E-state index is 13.5. The second-order valence-electron chi connectivity index (χ2n) is 8.86. The average molecular weight is 459 g/mol. The van der Waals surface area contributed by atoms with Crippen LogP contribution < -0.4 is 4.90 Å². The van der Waals surface area contributed by atoms with Crippen molar-refractivity contribution in [2.45, 2.75) is 13.0 Å². The summed E-state index contributed by atoms with van der Waals surface area (Å²) < 4.78 is 0. The number of fused-ring (bicyclic) bond motifs is 2. The number of hydrogen-bond acceptors (Lipinski definition) is 3. The largest absolute Gasteiger partial charge is 0.507 e. The number of amides is 1. The molecule has 1 aliphatic heterocycles. The highest BCUT2D eigenvalue weighted by Gasteiger charge is 2.47. The van der Waals surface area contributed by atoms with E-state index in [1.54, 1.807) is 6.07 Å². The maximum atomic E-state index is 13.5. The number of aliphatic hydroxyl groups is 1. The van der Waals surface area contributed by atoms with Crippen LogP contribution in [0.2, 0.25) is 0 Å². The number of para-hydroxylation sites is 1. The Morgan fingerprint density at radius 1 is 0.857 bits per heavy atom. The summed E-state index contributed by atoms with van der Waals surface area (Å²) >= 11 is 0. The quantitative estimate of drug-likeness (QED) is 0.190. The van der Waals surface area contributed by atoms with Crippen molar-refractivity contribution in [3.63, 3.8) is 0 Å². The minimum absolute atomic E-state index is 0.0801. The third-order valence-electron chi connectivity index (χ3n) is 6.66. The Kier molecular flexibility index (Phi) is 4.78. The maximum Gasteiger partial charge on any atom is 0.300 e. The predicted octanol–water partition coefficient (Wildman–Crippen LogP) is 6.26. The molecule has 5 aromatic rings. The van der Waals surface area contributed by atoms with Crippen molar-refractivity contribution >= 4 is 44.8 Å². The molecule has 35 heavy (non-hydrogen) atoms. The van der Waals surface area contributed by atoms with Gasteiger partial charge in [-0.3, -0.25) is 14.5 Å². The van der Waals surface area contributed by atoms with Gasteiger partial charge in [-0.1, -0.05) is 66.7 Å². The van der Waals surface area contributed by atoms with Gasteiger partial charge in [0.25, 0.3) is 11.7 Å². The molecule has 2 N–H and O–H groups in total. The van der Waals surface area contributed by atoms with Gasteiger partial charge in [-0.05, 0) is 47.5 Å². The Morgan fingerprint density at radius 3 is 2.46 bits per heavy atom. The number of benzene rings is 4. The van der Waals surface area contributed by atoms with Crippen LogP contribution in [0.15, 0.2) is 103 Å². The van der Waals surface area contributed by atoms with Crippen LogP contribution in [0, 0.1) is 6.92 Å². The van der Waals surface area contributed by atoms with Crippen molar-refractivity contribution in [1.29, 1.82) is 0 Å². The van der Waals surface area contributed by atoms with E-state index in [-0.39, 0.29) is 11.3 Å². The summed E-state index contributed by atoms with van der Waals surface area (Å²) in [6, 6.07) is 27.8. The van der Waals surface area contributed by atoms with Gasteiger partial charge in [-0.25, -0.2) is 0 Å². The van der Waals surface area contributed by atoms with Gasteiger partial charge in [0, 0.05) is 33.9 Å². The van der Waals surface area contributed by atoms with Crippen LogP contribution in [0.25, 0.3) is 27.4 Å². The fraction of sp³-hybridized carbons (Fsp3) is 0.0667. The first-order valence-corrected chi connectivity index (χ1v) is 11.5. The van der Waals surface area contributed by atoms with E-state index in [2.05, 4.69) is 4.98 Å². The Morgan fingerprint density at radius 2 is 1.63 bits per heavy atom. The number of carbonyl (C=O) groups excluding carboxylic acids is 2. The van der Waals surface area contributed by atoms with E-state index in [0.29, 0.717) is 11.3 Å². The number of aromatic amines is 1. The number of H-pyrrole nitrogens is 1. The lowest BCUT2D eigenvalue weighted by Gasteiger charge is -2.25. The summed E-state index contributed by atoms with van der Waals surface area (Å²) in [5, 5.41) is 14.4. The van der Waals surface area contributed by atoms with Crippen LogP contribution >= 0.6 is 0 Å². The van der Waals surface area contributed by atoms with E-state index in [1.807, 2.05) is 98.0 Å². The van der Waals surface area contributed by atoms with E-state index in [1.165, 1.54) is 4.90 Å². The molecule has 5 nitrogen and oxygen atoms in total. The predicted molar refractivity (Wildman–Crippen MR) is 138 cm³/mol. The molecule has 1 amide bonds. The first-order chi connectivity index (χ1) is 17.0. The van der Waals surface area contributed by atoms with Crippen molar-refractivity contribution in [2.75, 3.05) is 4.90 Å². The zero-order valence-electron chi connectivity index (χ0n) is 19.0. The van der Waals surface area contributed by atoms with Crippen molar-refractivity contribution in [3.8, 4) is 0 Å². The number of hydrogen-bond donors (Lipinski definition) is 2. The number of rotatable bonds is 3. The van der Waals surface area contributed by atoms with Crippen LogP contribution in [-0.2, 0) is 9.59 Å². The van der Waals surface area contributed by atoms with E-state index in [9.17, 15) is 14.7 Å². The Labute approximate surface area is 201 Å². The van der Waals surface area contributed by atoms with Crippen molar-refractivity contribution in [3.05, 3.63) is 119 Å². The molecule has 5 heteroatoms. The smallest absolute Gasteiger partial charge is 0.300 e. The van der Waals surface area contributed by atoms with Gasteiger partial charge < -0.3 is 10.1 Å². The summed E-state index contributed by atoms with van der Waals surface area (Å²) in [6.45, 7) is 1.94. The second-order valence-corrected chi connectivity index (χ2v) is 8.86. The van der Waals surface area contributed by atoms with Gasteiger partial charge in [0.1, 0.15) is 5.76 Å². The molecule has 0 spiro atoms. The van der Waals surface area contributed by atoms with E-state index in [0.717, 1.165) is 32.8 Å². The van der Waals surface area contributed by atoms with Crippen molar-refractivity contribution in [2.24, 2.45) is 0 Å². The fourth-order valence-electron chi connectivity index (χ4n) is 4.98. The lowest BCUT2D eigenvalue weighted by Crippen LogP contribution is -2.29. The number of nitrogens with zero attached hydrogens (tertiary/aromatic N) is 1. The van der Waals surface area contributed by atoms with Crippen LogP contribution in [-0.4, -0.2) is 21.8 Å². The summed E-state index contributed by atoms with van der Waals surface area (Å²) in [4.78, 5) is 31.7. The number of carbonyl (C=O) groups is 2. The zero-order chi connectivity index (χ0) is 24.1. The summed E-state index contributed by atoms with van der Waals surface area (Å²) in [7, 11) is 0. The zero-order valence-corrected chi connectivity index (χ0v) is 19.0. The second kappa shape index (κ2) is 7.99. The summed E-state index contributed by atoms with van der Waals surface area (Å²) in [5.74, 6) is -1.54. The molecule has 0 radical (unpaired) electrons. The number of aromatic nitrogens is 1. The highest BCUT2D eigenvalue weighted by Crippen LogP contribution is 2.44. The third-order valence-corrected chi connectivity index (χ3v) is 6.66. The van der Waals surface area contributed by atoms with Crippen LogP contribution in [0.1, 0.15) is 22.7 Å². The summed E-state index contributed by atoms with van der Waals surface area (Å²) in [6.07, 6.45) is 1.82. The van der Waals surface area contributed by atoms with Crippen LogP contribution in [0.5, 0.6) is 0 Å². The number of Topliss-reactive ketones (excluding diaryl/α,β-unsaturated/α-hetero) is 1. The van der Waals surface area contributed by atoms with E-state index >= 15 is 0 Å². The molecule has 6 rings (SSSR count). The first kappa shape index (κ1) is 20.9. The standard InChI is InChI=1S/C30H22N2O3/c1-18-7-6-10-22(15-18)32-27(24-17-31-25-12-5-4-11-23(24)25)26(29(34)30(32)35)28(33)21-14-13-19-8-2-3-9-20(19)16-21/h2-17,27,31,33H,1H3/b28-26+. The lowest BCUT2D eigenvalue weighted by molar-refractivity contribution is -0.132. The molecule has 1 aliphatic rings. The Hall–Kier alpha value is -4.64. The van der Waals surface area contributed by atoms with Gasteiger partial charge >= 0.3 is 0 Å². The van der Waals surface area contributed by atoms with Gasteiger partial charge in [0.2, 0.25) is 0 Å². The topological polar surface area (TPSA) is 73.4 Å². The minimum atomic E-state index is -0.778. The highest BCUT2D eigenvalue weighted by molar-refractivity contribution is 6.52. The molecule has 1 saturated heterocycles. The molecule has 1 aromatic heterocycles. The molecule has 1 fully saturated rings. The highest BCUT2D eigenvalue weighted by atomic mass is 16.3. The van der Waals surface area contributed by atoms with Crippen molar-refractivity contribution < 1.29 is 14.7 Å². The SMILES string of the molecule is Cc1cccc(N2C(=O)C(=O)/C(=C(/O)c3ccc4ccccc4c3)C2c2c[nH]c3ccccc23)c1. The minimum Gasteiger partial charge on any atom is -0.507 e. The number of nitrogens with one attached hydrogen (secondary N) is 1. The molecular formula is C30H22N2O3. The fourth-order valence-corrected chi connectivity index (χ4v) is 4.98. The molecule has 170 valence electrons. The van der Waals surface area contributed by atoms with Crippen LogP contribution in [0.4, 0.5) is 5.69 Å².